The van der Waals surface area contributed by atoms with Crippen molar-refractivity contribution >= 4 is 35.2 Å². The monoisotopic (exact) mass is 270 g/mol. The second kappa shape index (κ2) is 4.93. The second-order valence-corrected chi connectivity index (χ2v) is 4.78. The number of rotatable bonds is 3. The standard InChI is InChI=1S/C14H14N4S/c1-2-9-5-6-10(8-12(9)19)16-14-13-11(17-18-14)4-3-7-15-13/h3-8,19H,2H2,1H3,(H2,16,17,18). The van der Waals surface area contributed by atoms with Crippen LogP contribution in [0, 0.1) is 0 Å². The van der Waals surface area contributed by atoms with Gasteiger partial charge in [0.05, 0.1) is 5.52 Å². The zero-order valence-corrected chi connectivity index (χ0v) is 11.4. The maximum atomic E-state index is 4.49. The first-order valence-electron chi connectivity index (χ1n) is 6.16. The van der Waals surface area contributed by atoms with Crippen LogP contribution in [0.4, 0.5) is 11.5 Å². The van der Waals surface area contributed by atoms with Gasteiger partial charge in [0.2, 0.25) is 0 Å². The fourth-order valence-electron chi connectivity index (χ4n) is 2.02. The summed E-state index contributed by atoms with van der Waals surface area (Å²) in [6.07, 6.45) is 2.74. The summed E-state index contributed by atoms with van der Waals surface area (Å²) in [5, 5.41) is 10.5. The fraction of sp³-hybridized carbons (Fsp3) is 0.143. The molecule has 2 aromatic heterocycles. The lowest BCUT2D eigenvalue weighted by Gasteiger charge is -2.07. The van der Waals surface area contributed by atoms with E-state index in [4.69, 9.17) is 0 Å². The summed E-state index contributed by atoms with van der Waals surface area (Å²) in [7, 11) is 0. The van der Waals surface area contributed by atoms with Gasteiger partial charge in [0, 0.05) is 16.8 Å². The summed E-state index contributed by atoms with van der Waals surface area (Å²) < 4.78 is 0. The third kappa shape index (κ3) is 2.29. The van der Waals surface area contributed by atoms with Crippen molar-refractivity contribution in [3.63, 3.8) is 0 Å². The normalized spacial score (nSPS) is 10.8. The van der Waals surface area contributed by atoms with E-state index < -0.39 is 0 Å². The number of hydrogen-bond acceptors (Lipinski definition) is 4. The number of nitrogens with one attached hydrogen (secondary N) is 2. The Morgan fingerprint density at radius 2 is 2.21 bits per heavy atom. The predicted octanol–water partition coefficient (Wildman–Crippen LogP) is 3.55. The lowest BCUT2D eigenvalue weighted by Crippen LogP contribution is -1.93. The molecule has 0 aliphatic rings. The van der Waals surface area contributed by atoms with Crippen LogP contribution in [0.25, 0.3) is 11.0 Å². The van der Waals surface area contributed by atoms with Crippen molar-refractivity contribution in [2.75, 3.05) is 5.32 Å². The van der Waals surface area contributed by atoms with Gasteiger partial charge < -0.3 is 5.32 Å². The molecule has 0 atom stereocenters. The van der Waals surface area contributed by atoms with Crippen molar-refractivity contribution in [1.82, 2.24) is 15.2 Å². The third-order valence-corrected chi connectivity index (χ3v) is 3.47. The number of anilines is 2. The van der Waals surface area contributed by atoms with Crippen molar-refractivity contribution in [2.45, 2.75) is 18.2 Å². The van der Waals surface area contributed by atoms with Gasteiger partial charge in [0.1, 0.15) is 5.52 Å². The Kier molecular flexibility index (Phi) is 3.13. The Labute approximate surface area is 116 Å². The minimum Gasteiger partial charge on any atom is -0.337 e. The summed E-state index contributed by atoms with van der Waals surface area (Å²) >= 11 is 4.49. The summed E-state index contributed by atoms with van der Waals surface area (Å²) in [6.45, 7) is 2.12. The van der Waals surface area contributed by atoms with Gasteiger partial charge in [0.25, 0.3) is 0 Å². The van der Waals surface area contributed by atoms with Gasteiger partial charge in [-0.1, -0.05) is 13.0 Å². The first-order chi connectivity index (χ1) is 9.28. The second-order valence-electron chi connectivity index (χ2n) is 4.29. The SMILES string of the molecule is CCc1ccc(Nc2n[nH]c3cccnc23)cc1S. The van der Waals surface area contributed by atoms with Crippen molar-refractivity contribution < 1.29 is 0 Å². The molecule has 2 heterocycles. The van der Waals surface area contributed by atoms with Crippen LogP contribution < -0.4 is 5.32 Å². The Morgan fingerprint density at radius 1 is 1.32 bits per heavy atom. The van der Waals surface area contributed by atoms with Crippen LogP contribution >= 0.6 is 12.6 Å². The average molecular weight is 270 g/mol. The number of benzene rings is 1. The minimum absolute atomic E-state index is 0.729. The first kappa shape index (κ1) is 12.0. The van der Waals surface area contributed by atoms with Gasteiger partial charge in [-0.2, -0.15) is 5.10 Å². The van der Waals surface area contributed by atoms with Crippen molar-refractivity contribution in [3.05, 3.63) is 42.1 Å². The first-order valence-corrected chi connectivity index (χ1v) is 6.60. The number of thiol groups is 1. The van der Waals surface area contributed by atoms with E-state index in [9.17, 15) is 0 Å². The largest absolute Gasteiger partial charge is 0.337 e. The molecule has 0 amide bonds. The van der Waals surface area contributed by atoms with E-state index in [0.717, 1.165) is 33.9 Å². The molecule has 0 saturated carbocycles. The molecule has 0 unspecified atom stereocenters. The number of pyridine rings is 1. The number of hydrogen-bond donors (Lipinski definition) is 3. The van der Waals surface area contributed by atoms with Crippen LogP contribution in [0.5, 0.6) is 0 Å². The number of nitrogens with zero attached hydrogens (tertiary/aromatic N) is 2. The van der Waals surface area contributed by atoms with Crippen molar-refractivity contribution in [1.29, 1.82) is 0 Å². The molecule has 3 rings (SSSR count). The number of aryl methyl sites for hydroxylation is 1. The van der Waals surface area contributed by atoms with Crippen LogP contribution in [0.15, 0.2) is 41.4 Å². The smallest absolute Gasteiger partial charge is 0.178 e. The highest BCUT2D eigenvalue weighted by Crippen LogP contribution is 2.25. The Bertz CT molecular complexity index is 720. The third-order valence-electron chi connectivity index (χ3n) is 3.05. The maximum Gasteiger partial charge on any atom is 0.178 e. The molecule has 0 aliphatic carbocycles. The van der Waals surface area contributed by atoms with Crippen LogP contribution in [-0.4, -0.2) is 15.2 Å². The van der Waals surface area contributed by atoms with Crippen LogP contribution in [0.2, 0.25) is 0 Å². The van der Waals surface area contributed by atoms with Gasteiger partial charge in [-0.25, -0.2) is 0 Å². The summed E-state index contributed by atoms with van der Waals surface area (Å²) in [5.74, 6) is 0.729. The highest BCUT2D eigenvalue weighted by molar-refractivity contribution is 7.80. The van der Waals surface area contributed by atoms with E-state index >= 15 is 0 Å². The Hall–Kier alpha value is -2.01. The summed E-state index contributed by atoms with van der Waals surface area (Å²) in [6, 6.07) is 9.94. The fourth-order valence-corrected chi connectivity index (χ4v) is 2.39. The zero-order chi connectivity index (χ0) is 13.2. The van der Waals surface area contributed by atoms with E-state index in [1.165, 1.54) is 5.56 Å². The van der Waals surface area contributed by atoms with E-state index in [0.29, 0.717) is 0 Å². The Morgan fingerprint density at radius 3 is 3.00 bits per heavy atom. The molecule has 0 aliphatic heterocycles. The van der Waals surface area contributed by atoms with Gasteiger partial charge >= 0.3 is 0 Å². The molecule has 4 nitrogen and oxygen atoms in total. The summed E-state index contributed by atoms with van der Waals surface area (Å²) in [5.41, 5.74) is 3.95. The molecule has 19 heavy (non-hydrogen) atoms. The highest BCUT2D eigenvalue weighted by Gasteiger charge is 2.07. The van der Waals surface area contributed by atoms with E-state index in [1.807, 2.05) is 24.3 Å². The number of aromatic amines is 1. The molecule has 5 heteroatoms. The molecule has 0 bridgehead atoms. The molecular weight excluding hydrogens is 256 g/mol. The molecule has 1 aromatic carbocycles. The molecule has 0 saturated heterocycles. The van der Waals surface area contributed by atoms with E-state index in [-0.39, 0.29) is 0 Å². The topological polar surface area (TPSA) is 53.6 Å². The number of aromatic nitrogens is 3. The number of H-pyrrole nitrogens is 1. The zero-order valence-electron chi connectivity index (χ0n) is 10.5. The van der Waals surface area contributed by atoms with E-state index in [1.54, 1.807) is 6.20 Å². The van der Waals surface area contributed by atoms with Crippen LogP contribution in [-0.2, 0) is 6.42 Å². The van der Waals surface area contributed by atoms with Crippen LogP contribution in [0.1, 0.15) is 12.5 Å². The van der Waals surface area contributed by atoms with Gasteiger partial charge in [0.15, 0.2) is 5.82 Å². The molecule has 3 aromatic rings. The van der Waals surface area contributed by atoms with Crippen molar-refractivity contribution in [2.24, 2.45) is 0 Å². The lowest BCUT2D eigenvalue weighted by molar-refractivity contribution is 1.08. The molecule has 96 valence electrons. The highest BCUT2D eigenvalue weighted by atomic mass is 32.1. The van der Waals surface area contributed by atoms with E-state index in [2.05, 4.69) is 46.1 Å². The van der Waals surface area contributed by atoms with Gasteiger partial charge in [-0.05, 0) is 36.2 Å². The molecule has 0 radical (unpaired) electrons. The lowest BCUT2D eigenvalue weighted by atomic mass is 10.1. The quantitative estimate of drug-likeness (QED) is 0.638. The minimum atomic E-state index is 0.729. The van der Waals surface area contributed by atoms with Gasteiger partial charge in [-0.3, -0.25) is 10.1 Å². The summed E-state index contributed by atoms with van der Waals surface area (Å²) in [4.78, 5) is 5.30. The maximum absolute atomic E-state index is 4.49. The molecule has 2 N–H and O–H groups in total. The number of fused-ring (bicyclic) bond motifs is 1. The predicted molar refractivity (Wildman–Crippen MR) is 80.2 cm³/mol. The average Bonchev–Trinajstić information content (AvgIpc) is 2.83. The van der Waals surface area contributed by atoms with Gasteiger partial charge in [-0.15, -0.1) is 12.6 Å². The van der Waals surface area contributed by atoms with Crippen molar-refractivity contribution in [3.8, 4) is 0 Å². The Balaban J connectivity index is 1.95. The molecular formula is C14H14N4S. The molecule has 0 fully saturated rings. The molecule has 0 spiro atoms. The van der Waals surface area contributed by atoms with Crippen LogP contribution in [0.3, 0.4) is 0 Å².